The highest BCUT2D eigenvalue weighted by Crippen LogP contribution is 2.56. The van der Waals surface area contributed by atoms with Crippen molar-refractivity contribution in [2.45, 2.75) is 36.2 Å². The highest BCUT2D eigenvalue weighted by Gasteiger charge is 2.60. The second-order valence-corrected chi connectivity index (χ2v) is 6.04. The molecule has 5 nitrogen and oxygen atoms in total. The van der Waals surface area contributed by atoms with Crippen LogP contribution in [0.4, 0.5) is 4.39 Å². The monoisotopic (exact) mass is 312 g/mol. The van der Waals surface area contributed by atoms with Crippen molar-refractivity contribution in [1.29, 1.82) is 0 Å². The van der Waals surface area contributed by atoms with Crippen LogP contribution in [0.3, 0.4) is 0 Å². The Labute approximate surface area is 127 Å². The molecule has 0 radical (unpaired) electrons. The van der Waals surface area contributed by atoms with E-state index < -0.39 is 16.4 Å². The van der Waals surface area contributed by atoms with E-state index in [-0.39, 0.29) is 12.4 Å². The lowest BCUT2D eigenvalue weighted by molar-refractivity contribution is 0.0135. The van der Waals surface area contributed by atoms with Gasteiger partial charge in [-0.05, 0) is 24.5 Å². The molecule has 1 aliphatic rings. The molecular weight excluding hydrogens is 295 g/mol. The van der Waals surface area contributed by atoms with E-state index in [2.05, 4.69) is 15.3 Å². The first-order chi connectivity index (χ1) is 9.94. The van der Waals surface area contributed by atoms with Crippen molar-refractivity contribution in [2.75, 3.05) is 6.54 Å². The summed E-state index contributed by atoms with van der Waals surface area (Å²) in [5.74, 6) is 4.00. The number of benzene rings is 1. The van der Waals surface area contributed by atoms with Crippen LogP contribution in [0.25, 0.3) is 0 Å². The number of hydrogen-bond acceptors (Lipinski definition) is 3. The summed E-state index contributed by atoms with van der Waals surface area (Å²) < 4.78 is 14.0. The third-order valence-electron chi connectivity index (χ3n) is 4.09. The zero-order chi connectivity index (χ0) is 15.5. The molecule has 0 aliphatic heterocycles. The number of alkyl halides is 1. The molecule has 2 unspecified atom stereocenters. The van der Waals surface area contributed by atoms with E-state index in [0.717, 1.165) is 6.34 Å². The Morgan fingerprint density at radius 1 is 1.52 bits per heavy atom. The summed E-state index contributed by atoms with van der Waals surface area (Å²) in [6, 6.07) is 6.36. The Hall–Kier alpha value is -1.53. The topological polar surface area (TPSA) is 83.3 Å². The molecule has 2 atom stereocenters. The van der Waals surface area contributed by atoms with Crippen molar-refractivity contribution >= 4 is 17.9 Å². The van der Waals surface area contributed by atoms with Gasteiger partial charge in [0.15, 0.2) is 0 Å². The molecule has 0 bridgehead atoms. The first-order valence-electron chi connectivity index (χ1n) is 6.69. The predicted octanol–water partition coefficient (Wildman–Crippen LogP) is 2.79. The summed E-state index contributed by atoms with van der Waals surface area (Å²) in [5.41, 5.74) is -0.945. The Bertz CT molecular complexity index is 562. The molecule has 1 aromatic carbocycles. The lowest BCUT2D eigenvalue weighted by Gasteiger charge is -2.37. The van der Waals surface area contributed by atoms with Crippen molar-refractivity contribution in [3.05, 3.63) is 35.6 Å². The van der Waals surface area contributed by atoms with E-state index in [1.54, 1.807) is 25.1 Å². The Balaban J connectivity index is 2.30. The molecule has 1 fully saturated rings. The van der Waals surface area contributed by atoms with E-state index in [1.807, 2.05) is 0 Å². The second-order valence-electron chi connectivity index (χ2n) is 5.32. The fourth-order valence-corrected chi connectivity index (χ4v) is 2.86. The summed E-state index contributed by atoms with van der Waals surface area (Å²) in [5, 5.41) is 17.5. The average molecular weight is 313 g/mol. The Morgan fingerprint density at radius 3 is 2.76 bits per heavy atom. The number of hydrogen-bond donors (Lipinski definition) is 2. The van der Waals surface area contributed by atoms with Gasteiger partial charge in [0, 0.05) is 5.92 Å². The number of rotatable bonds is 6. The quantitative estimate of drug-likeness (QED) is 0.211. The predicted molar refractivity (Wildman–Crippen MR) is 80.0 cm³/mol. The zero-order valence-corrected chi connectivity index (χ0v) is 12.5. The van der Waals surface area contributed by atoms with Gasteiger partial charge in [-0.1, -0.05) is 30.3 Å². The maximum atomic E-state index is 14.0. The van der Waals surface area contributed by atoms with Crippen molar-refractivity contribution in [2.24, 2.45) is 21.2 Å². The lowest BCUT2D eigenvalue weighted by atomic mass is 9.79. The molecule has 2 rings (SSSR count). The van der Waals surface area contributed by atoms with Gasteiger partial charge in [0.1, 0.15) is 17.8 Å². The molecule has 0 aromatic heterocycles. The smallest absolute Gasteiger partial charge is 0.134 e. The third-order valence-corrected chi connectivity index (χ3v) is 4.79. The fraction of sp³-hybridized carbons (Fsp3) is 0.500. The second kappa shape index (κ2) is 6.07. The van der Waals surface area contributed by atoms with Crippen molar-refractivity contribution in [3.8, 4) is 0 Å². The number of nitrogens with two attached hydrogens (primary N) is 1. The molecule has 3 N–H and O–H groups in total. The molecule has 0 saturated heterocycles. The number of aliphatic imine (C=N–C) groups is 1. The van der Waals surface area contributed by atoms with E-state index in [9.17, 15) is 9.50 Å². The first-order valence-corrected chi connectivity index (χ1v) is 7.06. The van der Waals surface area contributed by atoms with Crippen molar-refractivity contribution in [3.63, 3.8) is 0 Å². The molecule has 0 amide bonds. The summed E-state index contributed by atoms with van der Waals surface area (Å²) >= 11 is 6.44. The van der Waals surface area contributed by atoms with Gasteiger partial charge in [-0.25, -0.2) is 4.39 Å². The molecule has 1 saturated carbocycles. The fourth-order valence-electron chi connectivity index (χ4n) is 2.54. The Morgan fingerprint density at radius 2 is 2.19 bits per heavy atom. The molecular formula is C14H18ClFN4O. The Kier molecular flexibility index (Phi) is 4.58. The van der Waals surface area contributed by atoms with Gasteiger partial charge in [0.25, 0.3) is 0 Å². The number of aliphatic hydroxyl groups is 1. The van der Waals surface area contributed by atoms with Crippen LogP contribution in [0.2, 0.25) is 0 Å². The minimum Gasteiger partial charge on any atom is -0.385 e. The molecule has 7 heteroatoms. The van der Waals surface area contributed by atoms with Crippen LogP contribution in [0.1, 0.15) is 31.2 Å². The van der Waals surface area contributed by atoms with E-state index in [0.29, 0.717) is 18.4 Å². The van der Waals surface area contributed by atoms with E-state index >= 15 is 0 Å². The van der Waals surface area contributed by atoms with Crippen LogP contribution in [-0.2, 0) is 0 Å². The van der Waals surface area contributed by atoms with Crippen LogP contribution >= 0.6 is 11.6 Å². The summed E-state index contributed by atoms with van der Waals surface area (Å²) in [7, 11) is 0. The van der Waals surface area contributed by atoms with Crippen molar-refractivity contribution in [1.82, 2.24) is 0 Å². The normalized spacial score (nSPS) is 21.5. The van der Waals surface area contributed by atoms with Gasteiger partial charge >= 0.3 is 0 Å². The third kappa shape index (κ3) is 3.06. The van der Waals surface area contributed by atoms with Crippen LogP contribution in [0.15, 0.2) is 39.6 Å². The number of nitrogens with zero attached hydrogens (tertiary/aromatic N) is 3. The number of halogens is 2. The van der Waals surface area contributed by atoms with E-state index in [1.165, 1.54) is 6.07 Å². The molecule has 0 heterocycles. The summed E-state index contributed by atoms with van der Waals surface area (Å²) in [6.07, 6.45) is 2.48. The molecule has 0 spiro atoms. The van der Waals surface area contributed by atoms with Gasteiger partial charge in [-0.2, -0.15) is 0 Å². The molecule has 1 aromatic rings. The summed E-state index contributed by atoms with van der Waals surface area (Å²) in [6.45, 7) is 1.76. The SMILES string of the molecule is CC(c1ccccc1F)C(O)(CN=CN=NN)C1(Cl)CC1. The zero-order valence-electron chi connectivity index (χ0n) is 11.7. The van der Waals surface area contributed by atoms with Gasteiger partial charge in [0.2, 0.25) is 0 Å². The average Bonchev–Trinajstić information content (AvgIpc) is 3.23. The maximum absolute atomic E-state index is 14.0. The lowest BCUT2D eigenvalue weighted by Crippen LogP contribution is -2.48. The highest BCUT2D eigenvalue weighted by atomic mass is 35.5. The van der Waals surface area contributed by atoms with Crippen molar-refractivity contribution < 1.29 is 9.50 Å². The first kappa shape index (κ1) is 15.9. The standard InChI is InChI=1S/C14H18ClFN4O/c1-10(11-4-2-3-5-12(11)16)14(21,13(15)6-7-13)8-18-9-19-20-17/h2-5,9-10,21H,6-8H2,1H3,(H2,17,18,19). The van der Waals surface area contributed by atoms with Gasteiger partial charge in [0.05, 0.1) is 11.4 Å². The van der Waals surface area contributed by atoms with E-state index in [4.69, 9.17) is 17.4 Å². The largest absolute Gasteiger partial charge is 0.385 e. The summed E-state index contributed by atoms with van der Waals surface area (Å²) in [4.78, 5) is 3.21. The maximum Gasteiger partial charge on any atom is 0.134 e. The molecule has 21 heavy (non-hydrogen) atoms. The van der Waals surface area contributed by atoms with Gasteiger partial charge < -0.3 is 10.9 Å². The minimum atomic E-state index is -1.36. The molecule has 1 aliphatic carbocycles. The van der Waals surface area contributed by atoms with Crippen LogP contribution in [0.5, 0.6) is 0 Å². The van der Waals surface area contributed by atoms with Crippen LogP contribution in [-0.4, -0.2) is 28.5 Å². The molecule has 114 valence electrons. The van der Waals surface area contributed by atoms with Crippen LogP contribution < -0.4 is 5.84 Å². The van der Waals surface area contributed by atoms with Gasteiger partial charge in [-0.15, -0.1) is 16.7 Å². The minimum absolute atomic E-state index is 0.00498. The van der Waals surface area contributed by atoms with Gasteiger partial charge in [-0.3, -0.25) is 4.99 Å². The van der Waals surface area contributed by atoms with Crippen LogP contribution in [0, 0.1) is 5.82 Å². The highest BCUT2D eigenvalue weighted by molar-refractivity contribution is 6.26.